The SMILES string of the molecule is C=C1C(=CC=C2CCC[C@]3(C)C([C@H](C)SC/C=C\C(C)(C)O)=CC[C@@H]23)C[C@@H](O)C[C@@H]1O. The Bertz CT molecular complexity index is 798. The van der Waals surface area contributed by atoms with Gasteiger partial charge in [0.1, 0.15) is 0 Å². The van der Waals surface area contributed by atoms with Crippen LogP contribution >= 0.6 is 11.8 Å². The van der Waals surface area contributed by atoms with E-state index >= 15 is 0 Å². The van der Waals surface area contributed by atoms with E-state index in [0.717, 1.165) is 29.7 Å². The van der Waals surface area contributed by atoms with Crippen LogP contribution in [0.3, 0.4) is 0 Å². The Labute approximate surface area is 192 Å². The second kappa shape index (κ2) is 9.82. The van der Waals surface area contributed by atoms with Crippen molar-refractivity contribution in [3.8, 4) is 0 Å². The molecule has 0 unspecified atom stereocenters. The van der Waals surface area contributed by atoms with Crippen LogP contribution in [0.4, 0.5) is 0 Å². The van der Waals surface area contributed by atoms with Crippen molar-refractivity contribution in [1.82, 2.24) is 0 Å². The lowest BCUT2D eigenvalue weighted by Crippen LogP contribution is -2.33. The molecule has 0 saturated heterocycles. The average molecular weight is 445 g/mol. The molecule has 0 heterocycles. The molecule has 0 aromatic carbocycles. The minimum Gasteiger partial charge on any atom is -0.393 e. The summed E-state index contributed by atoms with van der Waals surface area (Å²) in [5.41, 5.74) is 4.27. The van der Waals surface area contributed by atoms with E-state index in [0.29, 0.717) is 24.0 Å². The maximum absolute atomic E-state index is 10.1. The van der Waals surface area contributed by atoms with Crippen LogP contribution in [0.15, 0.2) is 59.3 Å². The molecule has 2 fully saturated rings. The fourth-order valence-corrected chi connectivity index (χ4v) is 6.61. The standard InChI is InChI=1S/C27H40O3S/c1-18-21(16-22(28)17-25(18)29)10-9-20-8-6-14-27(5)23(11-12-24(20)27)19(2)31-15-7-13-26(3,4)30/h7,9-11,13,19,22,24-25,28-30H,1,6,8,12,14-17H2,2-5H3/b13-7-,20-9?,21-10?/t19-,22+,24-,25-,27+/m0/s1. The Morgan fingerprint density at radius 1 is 1.32 bits per heavy atom. The summed E-state index contributed by atoms with van der Waals surface area (Å²) < 4.78 is 0. The van der Waals surface area contributed by atoms with Gasteiger partial charge in [0.2, 0.25) is 0 Å². The Morgan fingerprint density at radius 3 is 2.77 bits per heavy atom. The van der Waals surface area contributed by atoms with Crippen LogP contribution in [0, 0.1) is 11.3 Å². The molecular formula is C27H40O3S. The number of aliphatic hydroxyl groups excluding tert-OH is 2. The van der Waals surface area contributed by atoms with Gasteiger partial charge in [-0.05, 0) is 75.4 Å². The molecule has 3 rings (SSSR count). The van der Waals surface area contributed by atoms with Gasteiger partial charge >= 0.3 is 0 Å². The third-order valence-corrected chi connectivity index (χ3v) is 8.42. The van der Waals surface area contributed by atoms with E-state index < -0.39 is 17.8 Å². The molecule has 0 bridgehead atoms. The average Bonchev–Trinajstić information content (AvgIpc) is 3.03. The van der Waals surface area contributed by atoms with Gasteiger partial charge < -0.3 is 15.3 Å². The summed E-state index contributed by atoms with van der Waals surface area (Å²) in [7, 11) is 0. The van der Waals surface area contributed by atoms with Crippen LogP contribution < -0.4 is 0 Å². The molecule has 3 aliphatic carbocycles. The molecule has 0 radical (unpaired) electrons. The van der Waals surface area contributed by atoms with E-state index in [1.165, 1.54) is 18.4 Å². The van der Waals surface area contributed by atoms with Crippen molar-refractivity contribution in [3.63, 3.8) is 0 Å². The molecule has 3 N–H and O–H groups in total. The van der Waals surface area contributed by atoms with Gasteiger partial charge in [0.25, 0.3) is 0 Å². The molecule has 5 atom stereocenters. The molecule has 3 aliphatic rings. The second-order valence-corrected chi connectivity index (χ2v) is 11.7. The molecule has 0 amide bonds. The summed E-state index contributed by atoms with van der Waals surface area (Å²) >= 11 is 1.94. The molecule has 4 heteroatoms. The minimum atomic E-state index is -0.749. The van der Waals surface area contributed by atoms with Crippen LogP contribution in [0.25, 0.3) is 0 Å². The molecule has 31 heavy (non-hydrogen) atoms. The van der Waals surface area contributed by atoms with Crippen molar-refractivity contribution in [1.29, 1.82) is 0 Å². The van der Waals surface area contributed by atoms with Crippen LogP contribution in [0.5, 0.6) is 0 Å². The van der Waals surface area contributed by atoms with E-state index in [2.05, 4.69) is 44.7 Å². The van der Waals surface area contributed by atoms with Crippen LogP contribution in [-0.4, -0.2) is 44.1 Å². The van der Waals surface area contributed by atoms with Gasteiger partial charge in [-0.2, -0.15) is 11.8 Å². The zero-order valence-electron chi connectivity index (χ0n) is 19.6. The number of thioether (sulfide) groups is 1. The summed E-state index contributed by atoms with van der Waals surface area (Å²) in [4.78, 5) is 0. The number of fused-ring (bicyclic) bond motifs is 1. The van der Waals surface area contributed by atoms with Gasteiger partial charge in [0, 0.05) is 17.4 Å². The first-order valence-corrected chi connectivity index (χ1v) is 12.7. The van der Waals surface area contributed by atoms with Crippen molar-refractivity contribution < 1.29 is 15.3 Å². The van der Waals surface area contributed by atoms with Gasteiger partial charge in [-0.1, -0.05) is 55.0 Å². The number of hydrogen-bond acceptors (Lipinski definition) is 4. The second-order valence-electron chi connectivity index (χ2n) is 10.3. The smallest absolute Gasteiger partial charge is 0.0811 e. The molecule has 3 nitrogen and oxygen atoms in total. The predicted octanol–water partition coefficient (Wildman–Crippen LogP) is 5.50. The van der Waals surface area contributed by atoms with Crippen molar-refractivity contribution in [2.45, 2.75) is 89.3 Å². The normalized spacial score (nSPS) is 35.6. The highest BCUT2D eigenvalue weighted by Crippen LogP contribution is 2.56. The lowest BCUT2D eigenvalue weighted by atomic mass is 9.64. The largest absolute Gasteiger partial charge is 0.393 e. The van der Waals surface area contributed by atoms with Crippen LogP contribution in [0.2, 0.25) is 0 Å². The predicted molar refractivity (Wildman–Crippen MR) is 132 cm³/mol. The third kappa shape index (κ3) is 5.84. The summed E-state index contributed by atoms with van der Waals surface area (Å²) in [6.07, 6.45) is 15.3. The van der Waals surface area contributed by atoms with Crippen molar-refractivity contribution >= 4 is 11.8 Å². The molecule has 172 valence electrons. The molecular weight excluding hydrogens is 404 g/mol. The maximum Gasteiger partial charge on any atom is 0.0811 e. The van der Waals surface area contributed by atoms with Gasteiger partial charge in [-0.3, -0.25) is 0 Å². The Balaban J connectivity index is 1.70. The van der Waals surface area contributed by atoms with Gasteiger partial charge in [-0.25, -0.2) is 0 Å². The summed E-state index contributed by atoms with van der Waals surface area (Å²) in [6.45, 7) is 12.4. The van der Waals surface area contributed by atoms with E-state index in [1.807, 2.05) is 17.8 Å². The van der Waals surface area contributed by atoms with Crippen molar-refractivity contribution in [3.05, 3.63) is 59.3 Å². The number of hydrogen-bond donors (Lipinski definition) is 3. The minimum absolute atomic E-state index is 0.206. The quantitative estimate of drug-likeness (QED) is 0.474. The number of rotatable bonds is 6. The number of allylic oxidation sites excluding steroid dienone is 4. The Kier molecular flexibility index (Phi) is 7.79. The van der Waals surface area contributed by atoms with Gasteiger partial charge in [0.15, 0.2) is 0 Å². The first-order valence-electron chi connectivity index (χ1n) is 11.7. The first kappa shape index (κ1) is 24.6. The molecule has 0 aromatic heterocycles. The Hall–Kier alpha value is -1.07. The topological polar surface area (TPSA) is 60.7 Å². The highest BCUT2D eigenvalue weighted by atomic mass is 32.2. The molecule has 0 aromatic rings. The van der Waals surface area contributed by atoms with E-state index in [4.69, 9.17) is 0 Å². The van der Waals surface area contributed by atoms with Gasteiger partial charge in [0.05, 0.1) is 17.8 Å². The number of aliphatic hydroxyl groups is 3. The lowest BCUT2D eigenvalue weighted by Gasteiger charge is -2.42. The molecule has 0 spiro atoms. The summed E-state index contributed by atoms with van der Waals surface area (Å²) in [5.74, 6) is 1.44. The van der Waals surface area contributed by atoms with Gasteiger partial charge in [-0.15, -0.1) is 0 Å². The van der Waals surface area contributed by atoms with E-state index in [-0.39, 0.29) is 5.41 Å². The zero-order chi connectivity index (χ0) is 22.8. The van der Waals surface area contributed by atoms with E-state index in [9.17, 15) is 15.3 Å². The fraction of sp³-hybridized carbons (Fsp3) is 0.630. The highest BCUT2D eigenvalue weighted by Gasteiger charge is 2.46. The molecule has 0 aliphatic heterocycles. The van der Waals surface area contributed by atoms with Crippen molar-refractivity contribution in [2.24, 2.45) is 11.3 Å². The van der Waals surface area contributed by atoms with Crippen LogP contribution in [-0.2, 0) is 0 Å². The Morgan fingerprint density at radius 2 is 2.06 bits per heavy atom. The third-order valence-electron chi connectivity index (χ3n) is 7.28. The highest BCUT2D eigenvalue weighted by molar-refractivity contribution is 8.00. The first-order chi connectivity index (χ1) is 14.5. The fourth-order valence-electron chi connectivity index (χ4n) is 5.57. The zero-order valence-corrected chi connectivity index (χ0v) is 20.4. The van der Waals surface area contributed by atoms with Crippen molar-refractivity contribution in [2.75, 3.05) is 5.75 Å². The molecule has 2 saturated carbocycles. The van der Waals surface area contributed by atoms with E-state index in [1.54, 1.807) is 19.4 Å². The summed E-state index contributed by atoms with van der Waals surface area (Å²) in [5, 5.41) is 30.5. The lowest BCUT2D eigenvalue weighted by molar-refractivity contribution is 0.0862. The summed E-state index contributed by atoms with van der Waals surface area (Å²) in [6, 6.07) is 0. The maximum atomic E-state index is 10.1. The van der Waals surface area contributed by atoms with Crippen LogP contribution in [0.1, 0.15) is 66.2 Å². The monoisotopic (exact) mass is 444 g/mol.